The highest BCUT2D eigenvalue weighted by molar-refractivity contribution is 6.36. The molecule has 18 heavy (non-hydrogen) atoms. The number of amides is 1. The van der Waals surface area contributed by atoms with Gasteiger partial charge in [-0.3, -0.25) is 4.79 Å². The largest absolute Gasteiger partial charge is 0.398 e. The molecule has 1 rings (SSSR count). The first-order valence-corrected chi connectivity index (χ1v) is 5.46. The Kier molecular flexibility index (Phi) is 4.45. The monoisotopic (exact) mass is 280 g/mol. The van der Waals surface area contributed by atoms with Crippen molar-refractivity contribution in [3.05, 3.63) is 28.8 Å². The normalized spacial score (nSPS) is 11.4. The van der Waals surface area contributed by atoms with Crippen LogP contribution in [0.25, 0.3) is 0 Å². The zero-order valence-electron chi connectivity index (χ0n) is 9.59. The number of nitrogens with zero attached hydrogens (tertiary/aromatic N) is 1. The van der Waals surface area contributed by atoms with Crippen molar-refractivity contribution in [3.63, 3.8) is 0 Å². The van der Waals surface area contributed by atoms with E-state index >= 15 is 0 Å². The van der Waals surface area contributed by atoms with Crippen LogP contribution in [0.15, 0.2) is 18.2 Å². The molecule has 0 saturated carbocycles. The lowest BCUT2D eigenvalue weighted by Gasteiger charge is -2.19. The minimum Gasteiger partial charge on any atom is -0.398 e. The van der Waals surface area contributed by atoms with Crippen molar-refractivity contribution < 1.29 is 18.0 Å². The Morgan fingerprint density at radius 1 is 1.44 bits per heavy atom. The van der Waals surface area contributed by atoms with Crippen LogP contribution in [0.1, 0.15) is 16.8 Å². The van der Waals surface area contributed by atoms with Crippen LogP contribution in [0.5, 0.6) is 0 Å². The molecule has 0 heterocycles. The number of hydrogen-bond acceptors (Lipinski definition) is 2. The molecule has 0 aliphatic carbocycles. The Labute approximate surface area is 107 Å². The highest BCUT2D eigenvalue weighted by Gasteiger charge is 2.28. The Hall–Kier alpha value is -1.43. The highest BCUT2D eigenvalue weighted by Crippen LogP contribution is 2.25. The number of halogens is 4. The molecule has 0 radical (unpaired) electrons. The van der Waals surface area contributed by atoms with E-state index in [0.717, 1.165) is 4.90 Å². The van der Waals surface area contributed by atoms with Crippen molar-refractivity contribution in [1.82, 2.24) is 4.90 Å². The topological polar surface area (TPSA) is 46.3 Å². The van der Waals surface area contributed by atoms with Gasteiger partial charge in [0.2, 0.25) is 0 Å². The zero-order valence-corrected chi connectivity index (χ0v) is 10.3. The predicted octanol–water partition coefficient (Wildman–Crippen LogP) is 2.95. The van der Waals surface area contributed by atoms with Crippen LogP contribution in [0.3, 0.4) is 0 Å². The van der Waals surface area contributed by atoms with Crippen LogP contribution >= 0.6 is 11.6 Å². The minimum absolute atomic E-state index is 0.0568. The van der Waals surface area contributed by atoms with E-state index in [4.69, 9.17) is 17.3 Å². The summed E-state index contributed by atoms with van der Waals surface area (Å²) >= 11 is 5.83. The Bertz CT molecular complexity index is 448. The summed E-state index contributed by atoms with van der Waals surface area (Å²) < 4.78 is 36.1. The predicted molar refractivity (Wildman–Crippen MR) is 63.5 cm³/mol. The SMILES string of the molecule is CN(CCC(F)(F)F)C(=O)c1cccc(N)c1Cl. The summed E-state index contributed by atoms with van der Waals surface area (Å²) in [6, 6.07) is 4.45. The van der Waals surface area contributed by atoms with Gasteiger partial charge >= 0.3 is 6.18 Å². The fraction of sp³-hybridized carbons (Fsp3) is 0.364. The summed E-state index contributed by atoms with van der Waals surface area (Å²) in [6.45, 7) is -0.423. The zero-order chi connectivity index (χ0) is 13.9. The first-order chi connectivity index (χ1) is 8.22. The Balaban J connectivity index is 2.78. The summed E-state index contributed by atoms with van der Waals surface area (Å²) in [6.07, 6.45) is -5.36. The van der Waals surface area contributed by atoms with Gasteiger partial charge in [-0.25, -0.2) is 0 Å². The summed E-state index contributed by atoms with van der Waals surface area (Å²) in [5, 5.41) is 0.0568. The smallest absolute Gasteiger partial charge is 0.390 e. The number of nitrogens with two attached hydrogens (primary N) is 1. The van der Waals surface area contributed by atoms with Gasteiger partial charge < -0.3 is 10.6 Å². The number of benzene rings is 1. The van der Waals surface area contributed by atoms with Gasteiger partial charge in [0.05, 0.1) is 22.7 Å². The molecule has 0 aromatic heterocycles. The molecular weight excluding hydrogens is 269 g/mol. The molecule has 0 aliphatic heterocycles. The number of hydrogen-bond donors (Lipinski definition) is 1. The van der Waals surface area contributed by atoms with Gasteiger partial charge in [-0.2, -0.15) is 13.2 Å². The van der Waals surface area contributed by atoms with E-state index < -0.39 is 25.0 Å². The number of nitrogen functional groups attached to an aromatic ring is 1. The summed E-state index contributed by atoms with van der Waals surface area (Å²) in [4.78, 5) is 12.8. The summed E-state index contributed by atoms with van der Waals surface area (Å²) in [7, 11) is 1.29. The van der Waals surface area contributed by atoms with Crippen LogP contribution in [-0.2, 0) is 0 Å². The van der Waals surface area contributed by atoms with Crippen molar-refractivity contribution in [2.24, 2.45) is 0 Å². The van der Waals surface area contributed by atoms with E-state index in [1.165, 1.54) is 25.2 Å². The second-order valence-corrected chi connectivity index (χ2v) is 4.18. The van der Waals surface area contributed by atoms with Crippen molar-refractivity contribution in [3.8, 4) is 0 Å². The average molecular weight is 281 g/mol. The molecule has 1 amide bonds. The molecular formula is C11H12ClF3N2O. The van der Waals surface area contributed by atoms with E-state index in [1.54, 1.807) is 0 Å². The van der Waals surface area contributed by atoms with Crippen molar-refractivity contribution >= 4 is 23.2 Å². The Morgan fingerprint density at radius 3 is 2.61 bits per heavy atom. The van der Waals surface area contributed by atoms with Crippen LogP contribution in [0.4, 0.5) is 18.9 Å². The van der Waals surface area contributed by atoms with Crippen LogP contribution in [0.2, 0.25) is 5.02 Å². The molecule has 0 aliphatic rings. The lowest BCUT2D eigenvalue weighted by molar-refractivity contribution is -0.136. The standard InChI is InChI=1S/C11H12ClF3N2O/c1-17(6-5-11(13,14)15)10(18)7-3-2-4-8(16)9(7)12/h2-4H,5-6,16H2,1H3. The second-order valence-electron chi connectivity index (χ2n) is 3.80. The fourth-order valence-electron chi connectivity index (χ4n) is 1.32. The fourth-order valence-corrected chi connectivity index (χ4v) is 1.52. The van der Waals surface area contributed by atoms with Gasteiger partial charge in [-0.05, 0) is 12.1 Å². The van der Waals surface area contributed by atoms with Gasteiger partial charge in [-0.1, -0.05) is 17.7 Å². The van der Waals surface area contributed by atoms with E-state index in [0.29, 0.717) is 0 Å². The molecule has 0 spiro atoms. The van der Waals surface area contributed by atoms with Crippen molar-refractivity contribution in [2.45, 2.75) is 12.6 Å². The quantitative estimate of drug-likeness (QED) is 0.865. The van der Waals surface area contributed by atoms with Crippen LogP contribution in [-0.4, -0.2) is 30.6 Å². The molecule has 0 atom stereocenters. The number of anilines is 1. The molecule has 0 unspecified atom stereocenters. The van der Waals surface area contributed by atoms with Crippen LogP contribution < -0.4 is 5.73 Å². The number of carbonyl (C=O) groups is 1. The molecule has 100 valence electrons. The molecule has 0 bridgehead atoms. The van der Waals surface area contributed by atoms with E-state index in [1.807, 2.05) is 0 Å². The third kappa shape index (κ3) is 3.80. The molecule has 3 nitrogen and oxygen atoms in total. The molecule has 2 N–H and O–H groups in total. The van der Waals surface area contributed by atoms with Crippen molar-refractivity contribution in [2.75, 3.05) is 19.3 Å². The van der Waals surface area contributed by atoms with Crippen LogP contribution in [0, 0.1) is 0 Å². The summed E-state index contributed by atoms with van der Waals surface area (Å²) in [5.74, 6) is -0.587. The van der Waals surface area contributed by atoms with E-state index in [2.05, 4.69) is 0 Å². The molecule has 0 fully saturated rings. The average Bonchev–Trinajstić information content (AvgIpc) is 2.28. The van der Waals surface area contributed by atoms with Gasteiger partial charge in [-0.15, -0.1) is 0 Å². The maximum atomic E-state index is 12.0. The molecule has 7 heteroatoms. The molecule has 0 saturated heterocycles. The first-order valence-electron chi connectivity index (χ1n) is 5.08. The second kappa shape index (κ2) is 5.48. The molecule has 1 aromatic rings. The number of alkyl halides is 3. The first kappa shape index (κ1) is 14.6. The lowest BCUT2D eigenvalue weighted by Crippen LogP contribution is -2.30. The lowest BCUT2D eigenvalue weighted by atomic mass is 10.1. The molecule has 1 aromatic carbocycles. The van der Waals surface area contributed by atoms with E-state index in [9.17, 15) is 18.0 Å². The maximum Gasteiger partial charge on any atom is 0.390 e. The third-order valence-electron chi connectivity index (χ3n) is 2.34. The minimum atomic E-state index is -4.30. The highest BCUT2D eigenvalue weighted by atomic mass is 35.5. The van der Waals surface area contributed by atoms with Gasteiger partial charge in [0.25, 0.3) is 5.91 Å². The van der Waals surface area contributed by atoms with Crippen molar-refractivity contribution in [1.29, 1.82) is 0 Å². The van der Waals surface area contributed by atoms with Gasteiger partial charge in [0.1, 0.15) is 0 Å². The number of carbonyl (C=O) groups excluding carboxylic acids is 1. The van der Waals surface area contributed by atoms with E-state index in [-0.39, 0.29) is 16.3 Å². The summed E-state index contributed by atoms with van der Waals surface area (Å²) in [5.41, 5.74) is 5.83. The Morgan fingerprint density at radius 2 is 2.06 bits per heavy atom. The third-order valence-corrected chi connectivity index (χ3v) is 2.76. The van der Waals surface area contributed by atoms with Gasteiger partial charge in [0, 0.05) is 13.6 Å². The maximum absolute atomic E-state index is 12.0. The van der Waals surface area contributed by atoms with Gasteiger partial charge in [0.15, 0.2) is 0 Å². The number of rotatable bonds is 3.